The van der Waals surface area contributed by atoms with Crippen molar-refractivity contribution < 1.29 is 8.78 Å². The summed E-state index contributed by atoms with van der Waals surface area (Å²) in [4.78, 5) is 0. The molecule has 0 saturated heterocycles. The maximum absolute atomic E-state index is 13.9. The maximum Gasteiger partial charge on any atom is 0.130 e. The Hall–Kier alpha value is -0.630. The first-order valence-corrected chi connectivity index (χ1v) is 7.03. The smallest absolute Gasteiger partial charge is 0.130 e. The summed E-state index contributed by atoms with van der Waals surface area (Å²) in [5, 5.41) is -0.357. The first kappa shape index (κ1) is 13.8. The third-order valence-electron chi connectivity index (χ3n) is 4.39. The van der Waals surface area contributed by atoms with E-state index in [-0.39, 0.29) is 10.8 Å². The Bertz CT molecular complexity index is 436. The lowest BCUT2D eigenvalue weighted by Crippen LogP contribution is -2.22. The Labute approximate surface area is 112 Å². The molecule has 1 fully saturated rings. The highest BCUT2D eigenvalue weighted by atomic mass is 35.5. The largest absolute Gasteiger partial charge is 0.207 e. The molecule has 0 nitrogen and oxygen atoms in total. The molecule has 0 heterocycles. The molecule has 0 bridgehead atoms. The zero-order valence-electron chi connectivity index (χ0n) is 10.9. The van der Waals surface area contributed by atoms with Crippen LogP contribution < -0.4 is 0 Å². The van der Waals surface area contributed by atoms with E-state index in [2.05, 4.69) is 6.92 Å². The number of alkyl halides is 1. The normalized spacial score (nSPS) is 20.1. The number of halogens is 3. The van der Waals surface area contributed by atoms with Gasteiger partial charge in [-0.2, -0.15) is 0 Å². The number of hydrogen-bond donors (Lipinski definition) is 0. The highest BCUT2D eigenvalue weighted by Gasteiger charge is 2.40. The van der Waals surface area contributed by atoms with E-state index in [1.54, 1.807) is 13.0 Å². The number of rotatable bonds is 3. The standard InChI is InChI=1S/C15H19ClF2/c1-3-15(6-4-5-7-15)14(16)11-8-10(2)12(17)9-13(11)18/h8-9,14H,3-7H2,1-2H3. The quantitative estimate of drug-likeness (QED) is 0.635. The van der Waals surface area contributed by atoms with Crippen molar-refractivity contribution in [3.05, 3.63) is 34.9 Å². The van der Waals surface area contributed by atoms with E-state index < -0.39 is 11.6 Å². The second kappa shape index (κ2) is 5.16. The zero-order chi connectivity index (χ0) is 13.3. The molecule has 1 aliphatic carbocycles. The van der Waals surface area contributed by atoms with Crippen LogP contribution in [0.15, 0.2) is 12.1 Å². The Kier molecular flexibility index (Phi) is 3.96. The molecule has 0 radical (unpaired) electrons. The Morgan fingerprint density at radius 3 is 2.39 bits per heavy atom. The van der Waals surface area contributed by atoms with Crippen LogP contribution in [0.3, 0.4) is 0 Å². The fraction of sp³-hybridized carbons (Fsp3) is 0.600. The minimum absolute atomic E-state index is 0.0212. The van der Waals surface area contributed by atoms with Crippen molar-refractivity contribution in [2.24, 2.45) is 5.41 Å². The third kappa shape index (κ3) is 2.27. The molecule has 1 aromatic carbocycles. The fourth-order valence-electron chi connectivity index (χ4n) is 3.07. The van der Waals surface area contributed by atoms with Crippen LogP contribution >= 0.6 is 11.6 Å². The molecule has 1 saturated carbocycles. The molecule has 1 aromatic rings. The van der Waals surface area contributed by atoms with Gasteiger partial charge in [0.2, 0.25) is 0 Å². The van der Waals surface area contributed by atoms with Crippen molar-refractivity contribution in [2.45, 2.75) is 51.3 Å². The number of aryl methyl sites for hydroxylation is 1. The summed E-state index contributed by atoms with van der Waals surface area (Å²) in [6.07, 6.45) is 5.32. The zero-order valence-corrected chi connectivity index (χ0v) is 11.7. The van der Waals surface area contributed by atoms with Gasteiger partial charge in [0, 0.05) is 11.6 Å². The van der Waals surface area contributed by atoms with Crippen LogP contribution in [0.2, 0.25) is 0 Å². The van der Waals surface area contributed by atoms with Gasteiger partial charge in [0.05, 0.1) is 5.38 Å². The molecule has 1 unspecified atom stereocenters. The molecule has 0 aliphatic heterocycles. The summed E-state index contributed by atoms with van der Waals surface area (Å²) < 4.78 is 27.2. The van der Waals surface area contributed by atoms with Gasteiger partial charge in [0.25, 0.3) is 0 Å². The topological polar surface area (TPSA) is 0 Å². The van der Waals surface area contributed by atoms with Gasteiger partial charge in [-0.05, 0) is 43.2 Å². The molecule has 0 N–H and O–H groups in total. The lowest BCUT2D eigenvalue weighted by molar-refractivity contribution is 0.267. The molecule has 0 aromatic heterocycles. The van der Waals surface area contributed by atoms with Crippen molar-refractivity contribution in [3.63, 3.8) is 0 Å². The van der Waals surface area contributed by atoms with Gasteiger partial charge in [-0.15, -0.1) is 11.6 Å². The predicted octanol–water partition coefficient (Wildman–Crippen LogP) is 5.52. The lowest BCUT2D eigenvalue weighted by Gasteiger charge is -2.33. The SMILES string of the molecule is CCC1(C(Cl)c2cc(C)c(F)cc2F)CCCC1. The number of hydrogen-bond acceptors (Lipinski definition) is 0. The second-order valence-electron chi connectivity index (χ2n) is 5.41. The highest BCUT2D eigenvalue weighted by Crippen LogP contribution is 2.53. The molecule has 100 valence electrons. The van der Waals surface area contributed by atoms with Gasteiger partial charge < -0.3 is 0 Å². The van der Waals surface area contributed by atoms with E-state index in [9.17, 15) is 8.78 Å². The monoisotopic (exact) mass is 272 g/mol. The fourth-order valence-corrected chi connectivity index (χ4v) is 3.61. The van der Waals surface area contributed by atoms with E-state index in [1.165, 1.54) is 0 Å². The van der Waals surface area contributed by atoms with Crippen molar-refractivity contribution in [2.75, 3.05) is 0 Å². The summed E-state index contributed by atoms with van der Waals surface area (Å²) >= 11 is 6.54. The summed E-state index contributed by atoms with van der Waals surface area (Å²) in [5.74, 6) is -1.02. The Balaban J connectivity index is 2.39. The van der Waals surface area contributed by atoms with Crippen molar-refractivity contribution in [1.29, 1.82) is 0 Å². The Morgan fingerprint density at radius 2 is 1.83 bits per heavy atom. The third-order valence-corrected chi connectivity index (χ3v) is 5.09. The van der Waals surface area contributed by atoms with E-state index >= 15 is 0 Å². The van der Waals surface area contributed by atoms with Crippen LogP contribution in [0.4, 0.5) is 8.78 Å². The molecule has 0 amide bonds. The second-order valence-corrected chi connectivity index (χ2v) is 5.84. The van der Waals surface area contributed by atoms with Crippen LogP contribution in [0.1, 0.15) is 55.5 Å². The summed E-state index contributed by atoms with van der Waals surface area (Å²) in [6, 6.07) is 2.52. The molecular formula is C15H19ClF2. The lowest BCUT2D eigenvalue weighted by atomic mass is 9.77. The van der Waals surface area contributed by atoms with Crippen LogP contribution in [0.25, 0.3) is 0 Å². The van der Waals surface area contributed by atoms with Gasteiger partial charge in [0.1, 0.15) is 11.6 Å². The molecule has 3 heteroatoms. The molecule has 2 rings (SSSR count). The van der Waals surface area contributed by atoms with Gasteiger partial charge in [-0.3, -0.25) is 0 Å². The first-order valence-electron chi connectivity index (χ1n) is 6.60. The summed E-state index contributed by atoms with van der Waals surface area (Å²) in [6.45, 7) is 3.75. The summed E-state index contributed by atoms with van der Waals surface area (Å²) in [7, 11) is 0. The van der Waals surface area contributed by atoms with Gasteiger partial charge in [-0.25, -0.2) is 8.78 Å². The number of benzene rings is 1. The molecular weight excluding hydrogens is 254 g/mol. The predicted molar refractivity (Wildman–Crippen MR) is 70.9 cm³/mol. The van der Waals surface area contributed by atoms with Gasteiger partial charge >= 0.3 is 0 Å². The maximum atomic E-state index is 13.9. The van der Waals surface area contributed by atoms with Crippen molar-refractivity contribution in [1.82, 2.24) is 0 Å². The molecule has 1 atom stereocenters. The van der Waals surface area contributed by atoms with Crippen molar-refractivity contribution >= 4 is 11.6 Å². The van der Waals surface area contributed by atoms with Gasteiger partial charge in [-0.1, -0.05) is 19.8 Å². The first-order chi connectivity index (χ1) is 8.50. The van der Waals surface area contributed by atoms with E-state index in [0.29, 0.717) is 11.1 Å². The van der Waals surface area contributed by atoms with Crippen LogP contribution in [0.5, 0.6) is 0 Å². The highest BCUT2D eigenvalue weighted by molar-refractivity contribution is 6.21. The van der Waals surface area contributed by atoms with Crippen molar-refractivity contribution in [3.8, 4) is 0 Å². The van der Waals surface area contributed by atoms with Crippen LogP contribution in [-0.2, 0) is 0 Å². The van der Waals surface area contributed by atoms with E-state index in [4.69, 9.17) is 11.6 Å². The van der Waals surface area contributed by atoms with Crippen LogP contribution in [0, 0.1) is 24.0 Å². The average molecular weight is 273 g/mol. The van der Waals surface area contributed by atoms with E-state index in [1.807, 2.05) is 0 Å². The minimum Gasteiger partial charge on any atom is -0.207 e. The molecule has 0 spiro atoms. The van der Waals surface area contributed by atoms with Gasteiger partial charge in [0.15, 0.2) is 0 Å². The molecule has 1 aliphatic rings. The van der Waals surface area contributed by atoms with Crippen LogP contribution in [-0.4, -0.2) is 0 Å². The molecule has 18 heavy (non-hydrogen) atoms. The minimum atomic E-state index is -0.516. The average Bonchev–Trinajstić information content (AvgIpc) is 2.83. The van der Waals surface area contributed by atoms with E-state index in [0.717, 1.165) is 38.2 Å². The summed E-state index contributed by atoms with van der Waals surface area (Å²) in [5.41, 5.74) is 0.896. The Morgan fingerprint density at radius 1 is 1.22 bits per heavy atom.